The van der Waals surface area contributed by atoms with Crippen LogP contribution in [0.25, 0.3) is 0 Å². The molecule has 2 amide bonds. The largest absolute Gasteiger partial charge is 0.483 e. The molecule has 152 valence electrons. The van der Waals surface area contributed by atoms with Crippen LogP contribution in [0.1, 0.15) is 27.7 Å². The number of carbonyl (C=O) groups is 2. The van der Waals surface area contributed by atoms with Crippen LogP contribution in [0.15, 0.2) is 77.3 Å². The quantitative estimate of drug-likeness (QED) is 0.584. The Kier molecular flexibility index (Phi) is 5.72. The van der Waals surface area contributed by atoms with Gasteiger partial charge in [-0.15, -0.1) is 0 Å². The predicted molar refractivity (Wildman–Crippen MR) is 118 cm³/mol. The van der Waals surface area contributed by atoms with Crippen molar-refractivity contribution in [2.45, 2.75) is 13.1 Å². The normalized spacial score (nSPS) is 15.2. The maximum atomic E-state index is 13.2. The third-order valence-electron chi connectivity index (χ3n) is 4.79. The fourth-order valence-electron chi connectivity index (χ4n) is 3.29. The lowest BCUT2D eigenvalue weighted by atomic mass is 10.1. The number of carbonyl (C=O) groups excluding carboxylic acids is 2. The minimum absolute atomic E-state index is 0.207. The SMILES string of the molecule is Cc1ccccc1OCC(=O)NN1C(=O)c2cc(Br)ccc2NC1c1ccccc1. The van der Waals surface area contributed by atoms with E-state index >= 15 is 0 Å². The molecule has 0 radical (unpaired) electrons. The molecule has 4 rings (SSSR count). The summed E-state index contributed by atoms with van der Waals surface area (Å²) >= 11 is 3.40. The Morgan fingerprint density at radius 1 is 1.10 bits per heavy atom. The van der Waals surface area contributed by atoms with Gasteiger partial charge in [-0.2, -0.15) is 0 Å². The third kappa shape index (κ3) is 4.16. The van der Waals surface area contributed by atoms with E-state index in [9.17, 15) is 9.59 Å². The molecule has 0 saturated heterocycles. The van der Waals surface area contributed by atoms with Gasteiger partial charge in [0.25, 0.3) is 11.8 Å². The van der Waals surface area contributed by atoms with E-state index in [4.69, 9.17) is 4.74 Å². The summed E-state index contributed by atoms with van der Waals surface area (Å²) in [6, 6.07) is 22.4. The minimum atomic E-state index is -0.546. The number of hydrazine groups is 1. The van der Waals surface area contributed by atoms with Crippen molar-refractivity contribution in [2.75, 3.05) is 11.9 Å². The summed E-state index contributed by atoms with van der Waals surface area (Å²) in [4.78, 5) is 25.9. The predicted octanol–water partition coefficient (Wildman–Crippen LogP) is 4.43. The minimum Gasteiger partial charge on any atom is -0.483 e. The average Bonchev–Trinajstić information content (AvgIpc) is 2.76. The van der Waals surface area contributed by atoms with E-state index in [1.54, 1.807) is 12.1 Å². The fourth-order valence-corrected chi connectivity index (χ4v) is 3.65. The van der Waals surface area contributed by atoms with Crippen molar-refractivity contribution in [2.24, 2.45) is 0 Å². The van der Waals surface area contributed by atoms with E-state index < -0.39 is 12.1 Å². The summed E-state index contributed by atoms with van der Waals surface area (Å²) in [5, 5.41) is 4.65. The number of para-hydroxylation sites is 1. The zero-order chi connectivity index (χ0) is 21.1. The summed E-state index contributed by atoms with van der Waals surface area (Å²) in [6.07, 6.45) is -0.546. The lowest BCUT2D eigenvalue weighted by Gasteiger charge is -2.37. The molecule has 6 nitrogen and oxygen atoms in total. The second-order valence-electron chi connectivity index (χ2n) is 6.91. The molecule has 3 aromatic rings. The van der Waals surface area contributed by atoms with Gasteiger partial charge in [-0.3, -0.25) is 15.0 Å². The number of hydrogen-bond acceptors (Lipinski definition) is 4. The molecule has 1 aliphatic heterocycles. The Bertz CT molecular complexity index is 1090. The van der Waals surface area contributed by atoms with Crippen LogP contribution in [0, 0.1) is 6.92 Å². The van der Waals surface area contributed by atoms with Gasteiger partial charge in [0.1, 0.15) is 11.9 Å². The van der Waals surface area contributed by atoms with Gasteiger partial charge < -0.3 is 10.1 Å². The topological polar surface area (TPSA) is 70.7 Å². The molecule has 0 fully saturated rings. The first-order valence-electron chi connectivity index (χ1n) is 9.45. The van der Waals surface area contributed by atoms with Crippen molar-refractivity contribution in [3.63, 3.8) is 0 Å². The third-order valence-corrected chi connectivity index (χ3v) is 5.29. The number of nitrogens with one attached hydrogen (secondary N) is 2. The molecule has 1 aliphatic rings. The van der Waals surface area contributed by atoms with E-state index in [0.717, 1.165) is 15.6 Å². The maximum absolute atomic E-state index is 13.2. The van der Waals surface area contributed by atoms with Crippen molar-refractivity contribution >= 4 is 33.4 Å². The molecule has 30 heavy (non-hydrogen) atoms. The van der Waals surface area contributed by atoms with Crippen LogP contribution in [0.5, 0.6) is 5.75 Å². The summed E-state index contributed by atoms with van der Waals surface area (Å²) in [5.41, 5.74) is 5.66. The van der Waals surface area contributed by atoms with Crippen LogP contribution in [-0.2, 0) is 4.79 Å². The van der Waals surface area contributed by atoms with Crippen molar-refractivity contribution < 1.29 is 14.3 Å². The second kappa shape index (κ2) is 8.59. The first-order valence-corrected chi connectivity index (χ1v) is 10.2. The molecule has 3 aromatic carbocycles. The lowest BCUT2D eigenvalue weighted by Crippen LogP contribution is -2.53. The first-order chi connectivity index (χ1) is 14.5. The van der Waals surface area contributed by atoms with E-state index in [1.165, 1.54) is 5.01 Å². The van der Waals surface area contributed by atoms with Crippen LogP contribution in [0.4, 0.5) is 5.69 Å². The molecular weight excluding hydrogens is 446 g/mol. The lowest BCUT2D eigenvalue weighted by molar-refractivity contribution is -0.127. The molecule has 1 heterocycles. The zero-order valence-electron chi connectivity index (χ0n) is 16.3. The number of ether oxygens (including phenoxy) is 1. The molecule has 0 spiro atoms. The first kappa shape index (κ1) is 20.0. The number of amides is 2. The van der Waals surface area contributed by atoms with Gasteiger partial charge in [-0.05, 0) is 42.3 Å². The van der Waals surface area contributed by atoms with E-state index in [2.05, 4.69) is 26.7 Å². The monoisotopic (exact) mass is 465 g/mol. The maximum Gasteiger partial charge on any atom is 0.276 e. The Morgan fingerprint density at radius 3 is 2.60 bits per heavy atom. The molecule has 0 bridgehead atoms. The number of fused-ring (bicyclic) bond motifs is 1. The van der Waals surface area contributed by atoms with Crippen LogP contribution >= 0.6 is 15.9 Å². The molecular formula is C23H20BrN3O3. The molecule has 1 unspecified atom stereocenters. The second-order valence-corrected chi connectivity index (χ2v) is 7.83. The van der Waals surface area contributed by atoms with Crippen molar-refractivity contribution in [3.05, 3.63) is 94.0 Å². The standard InChI is InChI=1S/C23H20BrN3O3/c1-15-7-5-6-10-20(15)30-14-21(28)26-27-22(16-8-3-2-4-9-16)25-19-12-11-17(24)13-18(19)23(27)29/h2-13,22,25H,14H2,1H3,(H,26,28). The number of benzene rings is 3. The number of aryl methyl sites for hydroxylation is 1. The average molecular weight is 466 g/mol. The fraction of sp³-hybridized carbons (Fsp3) is 0.130. The molecule has 0 saturated carbocycles. The Labute approximate surface area is 182 Å². The van der Waals surface area contributed by atoms with Crippen LogP contribution < -0.4 is 15.5 Å². The highest BCUT2D eigenvalue weighted by Crippen LogP contribution is 2.33. The zero-order valence-corrected chi connectivity index (χ0v) is 17.8. The van der Waals surface area contributed by atoms with Crippen LogP contribution in [0.3, 0.4) is 0 Å². The Balaban J connectivity index is 1.57. The summed E-state index contributed by atoms with van der Waals surface area (Å²) in [6.45, 7) is 1.70. The van der Waals surface area contributed by atoms with Gasteiger partial charge in [0.15, 0.2) is 6.61 Å². The number of rotatable bonds is 5. The number of halogens is 1. The van der Waals surface area contributed by atoms with Gasteiger partial charge in [0.05, 0.1) is 5.56 Å². The Morgan fingerprint density at radius 2 is 1.83 bits per heavy atom. The molecule has 0 aliphatic carbocycles. The van der Waals surface area contributed by atoms with E-state index in [1.807, 2.05) is 67.6 Å². The molecule has 0 aromatic heterocycles. The van der Waals surface area contributed by atoms with Gasteiger partial charge in [0.2, 0.25) is 0 Å². The van der Waals surface area contributed by atoms with E-state index in [0.29, 0.717) is 17.0 Å². The van der Waals surface area contributed by atoms with Crippen LogP contribution in [-0.4, -0.2) is 23.4 Å². The summed E-state index contributed by atoms with van der Waals surface area (Å²) in [7, 11) is 0. The van der Waals surface area contributed by atoms with Crippen molar-refractivity contribution in [1.29, 1.82) is 0 Å². The number of nitrogens with zero attached hydrogens (tertiary/aromatic N) is 1. The van der Waals surface area contributed by atoms with Gasteiger partial charge >= 0.3 is 0 Å². The molecule has 7 heteroatoms. The highest BCUT2D eigenvalue weighted by atomic mass is 79.9. The van der Waals surface area contributed by atoms with Crippen LogP contribution in [0.2, 0.25) is 0 Å². The van der Waals surface area contributed by atoms with E-state index in [-0.39, 0.29) is 12.5 Å². The summed E-state index contributed by atoms with van der Waals surface area (Å²) in [5.74, 6) is -0.0967. The molecule has 1 atom stereocenters. The highest BCUT2D eigenvalue weighted by Gasteiger charge is 2.34. The van der Waals surface area contributed by atoms with Crippen molar-refractivity contribution in [3.8, 4) is 5.75 Å². The van der Waals surface area contributed by atoms with Gasteiger partial charge in [-0.1, -0.05) is 64.5 Å². The molecule has 2 N–H and O–H groups in total. The van der Waals surface area contributed by atoms with Crippen molar-refractivity contribution in [1.82, 2.24) is 10.4 Å². The smallest absolute Gasteiger partial charge is 0.276 e. The van der Waals surface area contributed by atoms with Gasteiger partial charge in [0, 0.05) is 10.2 Å². The number of hydrogen-bond donors (Lipinski definition) is 2. The van der Waals surface area contributed by atoms with Gasteiger partial charge in [-0.25, -0.2) is 5.01 Å². The highest BCUT2D eigenvalue weighted by molar-refractivity contribution is 9.10. The number of anilines is 1. The Hall–Kier alpha value is -3.32. The summed E-state index contributed by atoms with van der Waals surface area (Å²) < 4.78 is 6.41.